The maximum atomic E-state index is 11.5. The van der Waals surface area contributed by atoms with E-state index in [9.17, 15) is 4.79 Å². The Morgan fingerprint density at radius 3 is 3.00 bits per heavy atom. The first-order chi connectivity index (χ1) is 7.22. The van der Waals surface area contributed by atoms with E-state index in [0.717, 1.165) is 23.5 Å². The molecule has 1 aliphatic rings. The number of benzene rings is 1. The van der Waals surface area contributed by atoms with E-state index in [0.29, 0.717) is 11.9 Å². The van der Waals surface area contributed by atoms with Crippen LogP contribution in [0.1, 0.15) is 10.4 Å². The van der Waals surface area contributed by atoms with Crippen molar-refractivity contribution in [2.45, 2.75) is 0 Å². The lowest BCUT2D eigenvalue weighted by atomic mass is 10.1. The number of nitrogens with zero attached hydrogens (tertiary/aromatic N) is 1. The molecule has 0 radical (unpaired) electrons. The summed E-state index contributed by atoms with van der Waals surface area (Å²) in [5.41, 5.74) is 1.72. The fourth-order valence-corrected chi connectivity index (χ4v) is 1.93. The van der Waals surface area contributed by atoms with Gasteiger partial charge in [-0.3, -0.25) is 4.79 Å². The Labute approximate surface area is 114 Å². The van der Waals surface area contributed by atoms with E-state index in [2.05, 4.69) is 20.8 Å². The largest absolute Gasteiger partial charge is 0.490 e. The summed E-state index contributed by atoms with van der Waals surface area (Å²) in [5, 5.41) is 0.357. The van der Waals surface area contributed by atoms with Crippen molar-refractivity contribution in [3.63, 3.8) is 0 Å². The number of anilines is 1. The molecule has 0 bridgehead atoms. The minimum absolute atomic E-state index is 0. The van der Waals surface area contributed by atoms with E-state index in [1.165, 1.54) is 0 Å². The van der Waals surface area contributed by atoms with Crippen molar-refractivity contribution < 1.29 is 9.53 Å². The third kappa shape index (κ3) is 2.58. The summed E-state index contributed by atoms with van der Waals surface area (Å²) in [6.07, 6.45) is 0. The third-order valence-electron chi connectivity index (χ3n) is 2.50. The summed E-state index contributed by atoms with van der Waals surface area (Å²) in [6.45, 7) is 1.56. The number of hydrogen-bond acceptors (Lipinski definition) is 3. The number of likely N-dealkylation sites (N-methyl/N-ethyl adjacent to an activating group) is 1. The molecule has 0 atom stereocenters. The first kappa shape index (κ1) is 13.5. The number of carbonyl (C=O) groups excluding carboxylic acids is 1. The Morgan fingerprint density at radius 1 is 1.56 bits per heavy atom. The minimum atomic E-state index is 0. The van der Waals surface area contributed by atoms with Crippen LogP contribution in [-0.4, -0.2) is 31.3 Å². The maximum absolute atomic E-state index is 11.5. The van der Waals surface area contributed by atoms with Crippen molar-refractivity contribution >= 4 is 44.4 Å². The Bertz CT molecular complexity index is 396. The summed E-state index contributed by atoms with van der Waals surface area (Å²) in [5.74, 6) is 0.951. The number of alkyl halides is 1. The molecule has 1 aliphatic heterocycles. The van der Waals surface area contributed by atoms with Gasteiger partial charge in [-0.15, -0.1) is 17.0 Å². The fourth-order valence-electron chi connectivity index (χ4n) is 1.60. The summed E-state index contributed by atoms with van der Waals surface area (Å²) < 4.78 is 5.50. The Kier molecular flexibility index (Phi) is 4.80. The zero-order valence-electron chi connectivity index (χ0n) is 8.90. The van der Waals surface area contributed by atoms with Crippen LogP contribution in [0.25, 0.3) is 0 Å². The van der Waals surface area contributed by atoms with E-state index in [-0.39, 0.29) is 22.8 Å². The lowest BCUT2D eigenvalue weighted by molar-refractivity contribution is 0.102. The van der Waals surface area contributed by atoms with Gasteiger partial charge in [0.05, 0.1) is 17.6 Å². The smallest absolute Gasteiger partial charge is 0.173 e. The van der Waals surface area contributed by atoms with Crippen LogP contribution in [0.2, 0.25) is 0 Å². The van der Waals surface area contributed by atoms with E-state index in [1.54, 1.807) is 0 Å². The second-order valence-electron chi connectivity index (χ2n) is 3.51. The molecular formula is C11H13Br2NO2. The SMILES string of the molecule is Br.CN1CCOc2ccc(C(=O)CBr)cc21. The third-order valence-corrected chi connectivity index (χ3v) is 3.01. The average Bonchev–Trinajstić information content (AvgIpc) is 2.28. The van der Waals surface area contributed by atoms with Gasteiger partial charge in [-0.05, 0) is 18.2 Å². The highest BCUT2D eigenvalue weighted by Gasteiger charge is 2.16. The van der Waals surface area contributed by atoms with Gasteiger partial charge >= 0.3 is 0 Å². The van der Waals surface area contributed by atoms with Crippen molar-refractivity contribution in [1.29, 1.82) is 0 Å². The van der Waals surface area contributed by atoms with Gasteiger partial charge in [0, 0.05) is 12.6 Å². The number of rotatable bonds is 2. The topological polar surface area (TPSA) is 29.5 Å². The lowest BCUT2D eigenvalue weighted by Crippen LogP contribution is -2.29. The lowest BCUT2D eigenvalue weighted by Gasteiger charge is -2.27. The molecule has 0 N–H and O–H groups in total. The second kappa shape index (κ2) is 5.68. The predicted octanol–water partition coefficient (Wildman–Crippen LogP) is 2.67. The Balaban J connectivity index is 0.00000128. The molecule has 0 amide bonds. The number of carbonyl (C=O) groups is 1. The molecule has 88 valence electrons. The van der Waals surface area contributed by atoms with Crippen LogP contribution in [0.15, 0.2) is 18.2 Å². The fraction of sp³-hybridized carbons (Fsp3) is 0.364. The number of ketones is 1. The van der Waals surface area contributed by atoms with E-state index in [4.69, 9.17) is 4.74 Å². The molecule has 5 heteroatoms. The molecule has 2 rings (SSSR count). The highest BCUT2D eigenvalue weighted by atomic mass is 79.9. The summed E-state index contributed by atoms with van der Waals surface area (Å²) in [4.78, 5) is 13.6. The number of fused-ring (bicyclic) bond motifs is 1. The molecule has 3 nitrogen and oxygen atoms in total. The number of Topliss-reactive ketones (excluding diaryl/α,β-unsaturated/α-hetero) is 1. The van der Waals surface area contributed by atoms with Gasteiger partial charge in [0.25, 0.3) is 0 Å². The minimum Gasteiger partial charge on any atom is -0.490 e. The molecule has 16 heavy (non-hydrogen) atoms. The Morgan fingerprint density at radius 2 is 2.31 bits per heavy atom. The van der Waals surface area contributed by atoms with E-state index < -0.39 is 0 Å². The van der Waals surface area contributed by atoms with Crippen molar-refractivity contribution in [3.05, 3.63) is 23.8 Å². The van der Waals surface area contributed by atoms with Gasteiger partial charge in [-0.1, -0.05) is 15.9 Å². The van der Waals surface area contributed by atoms with Crippen LogP contribution < -0.4 is 9.64 Å². The van der Waals surface area contributed by atoms with Gasteiger partial charge < -0.3 is 9.64 Å². The standard InChI is InChI=1S/C11H12BrNO2.BrH/c1-13-4-5-15-11-3-2-8(6-9(11)13)10(14)7-12;/h2-3,6H,4-5,7H2,1H3;1H. The van der Waals surface area contributed by atoms with Crippen LogP contribution in [0, 0.1) is 0 Å². The summed E-state index contributed by atoms with van der Waals surface area (Å²) in [6, 6.07) is 5.56. The molecule has 1 heterocycles. The van der Waals surface area contributed by atoms with Gasteiger partial charge in [-0.2, -0.15) is 0 Å². The quantitative estimate of drug-likeness (QED) is 0.606. The molecule has 0 saturated heterocycles. The predicted molar refractivity (Wildman–Crippen MR) is 73.7 cm³/mol. The van der Waals surface area contributed by atoms with Crippen LogP contribution in [0.4, 0.5) is 5.69 Å². The van der Waals surface area contributed by atoms with Gasteiger partial charge in [0.1, 0.15) is 12.4 Å². The summed E-state index contributed by atoms with van der Waals surface area (Å²) in [7, 11) is 2.00. The van der Waals surface area contributed by atoms with Gasteiger partial charge in [-0.25, -0.2) is 0 Å². The highest BCUT2D eigenvalue weighted by Crippen LogP contribution is 2.31. The van der Waals surface area contributed by atoms with Gasteiger partial charge in [0.2, 0.25) is 0 Å². The molecule has 1 aromatic carbocycles. The van der Waals surface area contributed by atoms with E-state index in [1.807, 2.05) is 25.2 Å². The molecule has 0 aliphatic carbocycles. The van der Waals surface area contributed by atoms with Crippen LogP contribution in [0.5, 0.6) is 5.75 Å². The Hall–Kier alpha value is -0.550. The normalized spacial score (nSPS) is 13.5. The first-order valence-corrected chi connectivity index (χ1v) is 5.91. The zero-order chi connectivity index (χ0) is 10.8. The van der Waals surface area contributed by atoms with Crippen LogP contribution >= 0.6 is 32.9 Å². The highest BCUT2D eigenvalue weighted by molar-refractivity contribution is 9.09. The molecule has 0 fully saturated rings. The number of halogens is 2. The maximum Gasteiger partial charge on any atom is 0.173 e. The van der Waals surface area contributed by atoms with Crippen molar-refractivity contribution in [2.75, 3.05) is 30.4 Å². The monoisotopic (exact) mass is 349 g/mol. The molecule has 0 saturated carbocycles. The average molecular weight is 351 g/mol. The van der Waals surface area contributed by atoms with E-state index >= 15 is 0 Å². The molecule has 0 unspecified atom stereocenters. The summed E-state index contributed by atoms with van der Waals surface area (Å²) >= 11 is 3.17. The molecule has 1 aromatic rings. The number of ether oxygens (including phenoxy) is 1. The van der Waals surface area contributed by atoms with Crippen molar-refractivity contribution in [2.24, 2.45) is 0 Å². The van der Waals surface area contributed by atoms with Crippen molar-refractivity contribution in [1.82, 2.24) is 0 Å². The zero-order valence-corrected chi connectivity index (χ0v) is 12.2. The molecule has 0 spiro atoms. The van der Waals surface area contributed by atoms with Crippen LogP contribution in [-0.2, 0) is 0 Å². The van der Waals surface area contributed by atoms with Crippen molar-refractivity contribution in [3.8, 4) is 5.75 Å². The molecular weight excluding hydrogens is 338 g/mol. The van der Waals surface area contributed by atoms with Gasteiger partial charge in [0.15, 0.2) is 5.78 Å². The van der Waals surface area contributed by atoms with Crippen LogP contribution in [0.3, 0.4) is 0 Å². The second-order valence-corrected chi connectivity index (χ2v) is 4.07. The number of hydrogen-bond donors (Lipinski definition) is 0. The first-order valence-electron chi connectivity index (χ1n) is 4.79. The molecule has 0 aromatic heterocycles.